The Bertz CT molecular complexity index is 1040. The topological polar surface area (TPSA) is 71.0 Å². The number of carbonyl (C=O) groups excluding carboxylic acids is 1. The van der Waals surface area contributed by atoms with E-state index in [2.05, 4.69) is 48.1 Å². The summed E-state index contributed by atoms with van der Waals surface area (Å²) in [4.78, 5) is 14.9. The van der Waals surface area contributed by atoms with E-state index in [1.54, 1.807) is 4.90 Å². The predicted molar refractivity (Wildman–Crippen MR) is 150 cm³/mol. The third-order valence-corrected chi connectivity index (χ3v) is 8.82. The molecular formula is C30H41BrN2O4. The average molecular weight is 574 g/mol. The van der Waals surface area contributed by atoms with Crippen LogP contribution < -0.4 is 10.1 Å². The number of rotatable bonds is 7. The van der Waals surface area contributed by atoms with Crippen LogP contribution in [0.15, 0.2) is 53.0 Å². The van der Waals surface area contributed by atoms with Gasteiger partial charge in [-0.1, -0.05) is 76.4 Å². The van der Waals surface area contributed by atoms with Gasteiger partial charge in [0.1, 0.15) is 19.0 Å². The first-order valence-corrected chi connectivity index (χ1v) is 14.3. The number of hydrogen-bond acceptors (Lipinski definition) is 5. The first kappa shape index (κ1) is 27.9. The first-order chi connectivity index (χ1) is 17.7. The summed E-state index contributed by atoms with van der Waals surface area (Å²) in [6.45, 7) is 9.81. The molecule has 0 radical (unpaired) electrons. The molecule has 0 spiro atoms. The molecule has 1 unspecified atom stereocenters. The predicted octanol–water partition coefficient (Wildman–Crippen LogP) is 6.05. The van der Waals surface area contributed by atoms with Crippen molar-refractivity contribution in [3.05, 3.63) is 64.1 Å². The number of nitrogens with zero attached hydrogens (tertiary/aromatic N) is 1. The minimum absolute atomic E-state index is 0.117. The van der Waals surface area contributed by atoms with E-state index < -0.39 is 16.4 Å². The van der Waals surface area contributed by atoms with Gasteiger partial charge in [-0.25, -0.2) is 4.79 Å². The number of hydrogen-bond donors (Lipinski definition) is 2. The van der Waals surface area contributed by atoms with E-state index in [1.165, 1.54) is 0 Å². The zero-order chi connectivity index (χ0) is 26.5. The Morgan fingerprint density at radius 2 is 1.73 bits per heavy atom. The molecule has 2 aromatic carbocycles. The van der Waals surface area contributed by atoms with Gasteiger partial charge in [0.25, 0.3) is 0 Å². The van der Waals surface area contributed by atoms with Crippen LogP contribution in [0.3, 0.4) is 0 Å². The number of amides is 1. The molecule has 0 bridgehead atoms. The van der Waals surface area contributed by atoms with Gasteiger partial charge in [0.2, 0.25) is 0 Å². The third kappa shape index (κ3) is 5.99. The molecule has 2 fully saturated rings. The molecule has 1 saturated carbocycles. The molecule has 1 saturated heterocycles. The van der Waals surface area contributed by atoms with Crippen LogP contribution in [0.25, 0.3) is 0 Å². The maximum absolute atomic E-state index is 13.1. The van der Waals surface area contributed by atoms with Gasteiger partial charge in [-0.15, -0.1) is 0 Å². The average Bonchev–Trinajstić information content (AvgIpc) is 2.89. The normalized spacial score (nSPS) is 19.6. The first-order valence-electron chi connectivity index (χ1n) is 13.5. The Kier molecular flexibility index (Phi) is 8.87. The van der Waals surface area contributed by atoms with E-state index >= 15 is 0 Å². The van der Waals surface area contributed by atoms with Crippen molar-refractivity contribution in [1.29, 1.82) is 0 Å². The van der Waals surface area contributed by atoms with Crippen molar-refractivity contribution in [2.75, 3.05) is 32.8 Å². The van der Waals surface area contributed by atoms with E-state index in [4.69, 9.17) is 9.47 Å². The van der Waals surface area contributed by atoms with E-state index in [9.17, 15) is 9.90 Å². The minimum atomic E-state index is -1.00. The second kappa shape index (κ2) is 11.7. The molecule has 7 heteroatoms. The van der Waals surface area contributed by atoms with Crippen LogP contribution in [-0.4, -0.2) is 54.5 Å². The van der Waals surface area contributed by atoms with Crippen LogP contribution in [-0.2, 0) is 16.8 Å². The van der Waals surface area contributed by atoms with E-state index in [0.29, 0.717) is 32.5 Å². The highest BCUT2D eigenvalue weighted by molar-refractivity contribution is 9.10. The number of aliphatic hydroxyl groups is 1. The van der Waals surface area contributed by atoms with Crippen molar-refractivity contribution >= 4 is 22.0 Å². The molecule has 0 aromatic heterocycles. The Labute approximate surface area is 229 Å². The Hall–Kier alpha value is -2.09. The second-order valence-corrected chi connectivity index (χ2v) is 12.3. The molecule has 2 N–H and O–H groups in total. The number of nitrogens with one attached hydrogen (secondary N) is 1. The Morgan fingerprint density at radius 3 is 2.35 bits per heavy atom. The molecule has 1 aliphatic heterocycles. The highest BCUT2D eigenvalue weighted by atomic mass is 79.9. The van der Waals surface area contributed by atoms with Crippen molar-refractivity contribution in [3.8, 4) is 5.75 Å². The molecule has 4 rings (SSSR count). The van der Waals surface area contributed by atoms with E-state index in [-0.39, 0.29) is 12.7 Å². The van der Waals surface area contributed by atoms with Gasteiger partial charge in [0, 0.05) is 26.2 Å². The van der Waals surface area contributed by atoms with Crippen LogP contribution in [0.1, 0.15) is 64.0 Å². The molecule has 6 nitrogen and oxygen atoms in total. The Balaban J connectivity index is 1.67. The number of benzene rings is 2. The standard InChI is InChI=1S/C30H41BrN2O4/c1-28(2,3)30(29(35)14-8-5-9-15-29,22-37-27(34)33-18-16-32-17-19-33)24-12-13-26(25(31)20-24)36-21-23-10-6-4-7-11-23/h4,6-7,10-13,20,32,35H,5,8-9,14-19,21-22H2,1-3H3. The lowest BCUT2D eigenvalue weighted by molar-refractivity contribution is -0.133. The van der Waals surface area contributed by atoms with Gasteiger partial charge in [-0.3, -0.25) is 0 Å². The monoisotopic (exact) mass is 572 g/mol. The SMILES string of the molecule is CC(C)(C)C(COC(=O)N1CCNCC1)(c1ccc(OCc2ccccc2)c(Br)c1)C1(O)CCCCC1. The number of ether oxygens (including phenoxy) is 2. The van der Waals surface area contributed by atoms with Crippen molar-refractivity contribution in [1.82, 2.24) is 10.2 Å². The zero-order valence-corrected chi connectivity index (χ0v) is 24.0. The molecule has 1 amide bonds. The van der Waals surface area contributed by atoms with Crippen molar-refractivity contribution in [2.45, 2.75) is 70.5 Å². The van der Waals surface area contributed by atoms with Crippen LogP contribution in [0.2, 0.25) is 0 Å². The molecule has 202 valence electrons. The van der Waals surface area contributed by atoms with Crippen LogP contribution in [0, 0.1) is 5.41 Å². The highest BCUT2D eigenvalue weighted by Gasteiger charge is 2.59. The van der Waals surface area contributed by atoms with E-state index in [1.807, 2.05) is 42.5 Å². The summed E-state index contributed by atoms with van der Waals surface area (Å²) in [5.41, 5.74) is -0.145. The molecule has 1 atom stereocenters. The highest BCUT2D eigenvalue weighted by Crippen LogP contribution is 2.55. The second-order valence-electron chi connectivity index (χ2n) is 11.5. The lowest BCUT2D eigenvalue weighted by atomic mass is 9.51. The molecule has 2 aliphatic rings. The third-order valence-electron chi connectivity index (χ3n) is 8.20. The van der Waals surface area contributed by atoms with Crippen LogP contribution in [0.5, 0.6) is 5.75 Å². The van der Waals surface area contributed by atoms with Crippen LogP contribution in [0.4, 0.5) is 4.79 Å². The van der Waals surface area contributed by atoms with Crippen molar-refractivity contribution in [3.63, 3.8) is 0 Å². The smallest absolute Gasteiger partial charge is 0.409 e. The maximum Gasteiger partial charge on any atom is 0.409 e. The van der Waals surface area contributed by atoms with E-state index in [0.717, 1.165) is 53.7 Å². The van der Waals surface area contributed by atoms with Gasteiger partial charge in [0.05, 0.1) is 15.5 Å². The largest absolute Gasteiger partial charge is 0.488 e. The minimum Gasteiger partial charge on any atom is -0.488 e. The maximum atomic E-state index is 13.1. The van der Waals surface area contributed by atoms with Crippen molar-refractivity contribution < 1.29 is 19.4 Å². The summed E-state index contributed by atoms with van der Waals surface area (Å²) in [6.07, 6.45) is 4.08. The van der Waals surface area contributed by atoms with Gasteiger partial charge in [0.15, 0.2) is 0 Å². The molecule has 2 aromatic rings. The van der Waals surface area contributed by atoms with Gasteiger partial charge >= 0.3 is 6.09 Å². The lowest BCUT2D eigenvalue weighted by Gasteiger charge is -2.56. The van der Waals surface area contributed by atoms with Crippen LogP contribution >= 0.6 is 15.9 Å². The quantitative estimate of drug-likeness (QED) is 0.422. The fourth-order valence-corrected chi connectivity index (χ4v) is 6.62. The lowest BCUT2D eigenvalue weighted by Crippen LogP contribution is -2.62. The summed E-state index contributed by atoms with van der Waals surface area (Å²) in [6, 6.07) is 16.1. The number of piperazine rings is 1. The summed E-state index contributed by atoms with van der Waals surface area (Å²) >= 11 is 3.73. The molecule has 1 aliphatic carbocycles. The Morgan fingerprint density at radius 1 is 1.05 bits per heavy atom. The van der Waals surface area contributed by atoms with Gasteiger partial charge in [-0.05, 0) is 57.4 Å². The fourth-order valence-electron chi connectivity index (χ4n) is 6.12. The molecular weight excluding hydrogens is 532 g/mol. The van der Waals surface area contributed by atoms with Gasteiger partial charge in [-0.2, -0.15) is 0 Å². The summed E-state index contributed by atoms with van der Waals surface area (Å²) in [5.74, 6) is 0.740. The summed E-state index contributed by atoms with van der Waals surface area (Å²) in [7, 11) is 0. The number of carbonyl (C=O) groups is 1. The van der Waals surface area contributed by atoms with Crippen molar-refractivity contribution in [2.24, 2.45) is 5.41 Å². The zero-order valence-electron chi connectivity index (χ0n) is 22.4. The summed E-state index contributed by atoms with van der Waals surface area (Å²) in [5, 5.41) is 15.6. The number of halogens is 1. The summed E-state index contributed by atoms with van der Waals surface area (Å²) < 4.78 is 13.0. The fraction of sp³-hybridized carbons (Fsp3) is 0.567. The molecule has 37 heavy (non-hydrogen) atoms. The van der Waals surface area contributed by atoms with Gasteiger partial charge < -0.3 is 24.8 Å². The molecule has 1 heterocycles.